The summed E-state index contributed by atoms with van der Waals surface area (Å²) in [7, 11) is 0. The average molecular weight is 626 g/mol. The van der Waals surface area contributed by atoms with Crippen LogP contribution in [0, 0.1) is 3.57 Å². The van der Waals surface area contributed by atoms with Crippen LogP contribution in [0.5, 0.6) is 11.5 Å². The zero-order valence-electron chi connectivity index (χ0n) is 17.9. The SMILES string of the molecule is CCOc1cc(/C=C2\SC(=O)N(c3ccccc3Cl)C2=O)cc(I)c1OCc1ccc(Cl)cc1. The minimum Gasteiger partial charge on any atom is -0.490 e. The number of halogens is 3. The van der Waals surface area contributed by atoms with Gasteiger partial charge in [-0.1, -0.05) is 47.5 Å². The maximum absolute atomic E-state index is 13.0. The van der Waals surface area contributed by atoms with Crippen LogP contribution in [0.3, 0.4) is 0 Å². The molecular weight excluding hydrogens is 608 g/mol. The van der Waals surface area contributed by atoms with Gasteiger partial charge in [0.2, 0.25) is 0 Å². The molecule has 0 aromatic heterocycles. The predicted molar refractivity (Wildman–Crippen MR) is 146 cm³/mol. The van der Waals surface area contributed by atoms with E-state index >= 15 is 0 Å². The van der Waals surface area contributed by atoms with Crippen molar-refractivity contribution in [3.05, 3.63) is 90.3 Å². The Bertz CT molecular complexity index is 1280. The molecule has 4 rings (SSSR count). The van der Waals surface area contributed by atoms with Crippen LogP contribution in [0.1, 0.15) is 18.1 Å². The molecule has 1 aliphatic rings. The Morgan fingerprint density at radius 3 is 2.47 bits per heavy atom. The van der Waals surface area contributed by atoms with Crippen molar-refractivity contribution in [1.82, 2.24) is 0 Å². The van der Waals surface area contributed by atoms with Gasteiger partial charge in [0.25, 0.3) is 11.1 Å². The number of ether oxygens (including phenoxy) is 2. The Kier molecular flexibility index (Phi) is 8.08. The van der Waals surface area contributed by atoms with E-state index in [0.29, 0.717) is 45.4 Å². The molecule has 9 heteroatoms. The fourth-order valence-corrected chi connectivity index (χ4v) is 5.23. The average Bonchev–Trinajstić information content (AvgIpc) is 3.07. The first-order chi connectivity index (χ1) is 16.4. The number of hydrogen-bond donors (Lipinski definition) is 0. The molecule has 3 aromatic rings. The van der Waals surface area contributed by atoms with Crippen LogP contribution in [0.2, 0.25) is 10.0 Å². The summed E-state index contributed by atoms with van der Waals surface area (Å²) in [6.07, 6.45) is 1.68. The first kappa shape index (κ1) is 24.9. The summed E-state index contributed by atoms with van der Waals surface area (Å²) in [6, 6.07) is 17.9. The number of thioether (sulfide) groups is 1. The number of carbonyl (C=O) groups is 2. The highest BCUT2D eigenvalue weighted by molar-refractivity contribution is 14.1. The van der Waals surface area contributed by atoms with Gasteiger partial charge in [0.1, 0.15) is 6.61 Å². The van der Waals surface area contributed by atoms with Gasteiger partial charge in [0, 0.05) is 5.02 Å². The van der Waals surface area contributed by atoms with Crippen molar-refractivity contribution in [3.63, 3.8) is 0 Å². The van der Waals surface area contributed by atoms with Crippen molar-refractivity contribution in [3.8, 4) is 11.5 Å². The molecule has 174 valence electrons. The largest absolute Gasteiger partial charge is 0.490 e. The van der Waals surface area contributed by atoms with E-state index in [1.165, 1.54) is 0 Å². The number of anilines is 1. The van der Waals surface area contributed by atoms with Crippen molar-refractivity contribution < 1.29 is 19.1 Å². The zero-order valence-corrected chi connectivity index (χ0v) is 22.4. The van der Waals surface area contributed by atoms with Crippen molar-refractivity contribution in [2.75, 3.05) is 11.5 Å². The molecule has 0 atom stereocenters. The Morgan fingerprint density at radius 1 is 1.03 bits per heavy atom. The lowest BCUT2D eigenvalue weighted by atomic mass is 10.1. The minimum atomic E-state index is -0.417. The van der Waals surface area contributed by atoms with Crippen molar-refractivity contribution in [1.29, 1.82) is 0 Å². The highest BCUT2D eigenvalue weighted by atomic mass is 127. The van der Waals surface area contributed by atoms with Crippen molar-refractivity contribution in [2.45, 2.75) is 13.5 Å². The molecule has 1 heterocycles. The maximum atomic E-state index is 13.0. The third-order valence-electron chi connectivity index (χ3n) is 4.81. The molecule has 1 fully saturated rings. The molecule has 0 unspecified atom stereocenters. The highest BCUT2D eigenvalue weighted by Gasteiger charge is 2.37. The number of amides is 2. The summed E-state index contributed by atoms with van der Waals surface area (Å²) in [5.74, 6) is 0.748. The molecular formula is C25H18Cl2INO4S. The van der Waals surface area contributed by atoms with E-state index in [1.54, 1.807) is 36.4 Å². The molecule has 0 aliphatic carbocycles. The van der Waals surface area contributed by atoms with Crippen LogP contribution in [0.4, 0.5) is 10.5 Å². The molecule has 2 amide bonds. The molecule has 5 nitrogen and oxygen atoms in total. The van der Waals surface area contributed by atoms with E-state index in [9.17, 15) is 9.59 Å². The van der Waals surface area contributed by atoms with Crippen molar-refractivity contribution >= 4 is 80.5 Å². The Labute approximate surface area is 225 Å². The number of imide groups is 1. The smallest absolute Gasteiger partial charge is 0.298 e. The molecule has 1 aliphatic heterocycles. The first-order valence-electron chi connectivity index (χ1n) is 10.2. The van der Waals surface area contributed by atoms with Gasteiger partial charge in [0.05, 0.1) is 25.8 Å². The van der Waals surface area contributed by atoms with Crippen LogP contribution in [0.25, 0.3) is 6.08 Å². The van der Waals surface area contributed by atoms with E-state index in [4.69, 9.17) is 32.7 Å². The highest BCUT2D eigenvalue weighted by Crippen LogP contribution is 2.40. The second kappa shape index (κ2) is 11.0. The quantitative estimate of drug-likeness (QED) is 0.198. The Morgan fingerprint density at radius 2 is 1.76 bits per heavy atom. The van der Waals surface area contributed by atoms with E-state index < -0.39 is 11.1 Å². The van der Waals surface area contributed by atoms with E-state index in [1.807, 2.05) is 37.3 Å². The van der Waals surface area contributed by atoms with Crippen LogP contribution in [0.15, 0.2) is 65.6 Å². The summed E-state index contributed by atoms with van der Waals surface area (Å²) in [5.41, 5.74) is 2.06. The summed E-state index contributed by atoms with van der Waals surface area (Å²) < 4.78 is 12.7. The second-order valence-corrected chi connectivity index (χ2v) is 10.1. The van der Waals surface area contributed by atoms with E-state index in [0.717, 1.165) is 31.4 Å². The van der Waals surface area contributed by atoms with Crippen molar-refractivity contribution in [2.24, 2.45) is 0 Å². The maximum Gasteiger partial charge on any atom is 0.298 e. The van der Waals surface area contributed by atoms with Gasteiger partial charge in [-0.2, -0.15) is 0 Å². The van der Waals surface area contributed by atoms with Gasteiger partial charge >= 0.3 is 0 Å². The lowest BCUT2D eigenvalue weighted by Crippen LogP contribution is -2.27. The number of benzene rings is 3. The monoisotopic (exact) mass is 625 g/mol. The second-order valence-electron chi connectivity index (χ2n) is 7.15. The van der Waals surface area contributed by atoms with Crippen LogP contribution in [-0.2, 0) is 11.4 Å². The molecule has 0 radical (unpaired) electrons. The lowest BCUT2D eigenvalue weighted by molar-refractivity contribution is -0.113. The van der Waals surface area contributed by atoms with Gasteiger partial charge in [-0.15, -0.1) is 0 Å². The topological polar surface area (TPSA) is 55.8 Å². The molecule has 1 saturated heterocycles. The standard InChI is InChI=1S/C25H18Cl2INO4S/c1-2-32-21-12-16(11-19(28)23(21)33-14-15-7-9-17(26)10-8-15)13-22-24(30)29(25(31)34-22)20-6-4-3-5-18(20)27/h3-13H,2,14H2,1H3/b22-13-. The van der Waals surface area contributed by atoms with Crippen LogP contribution in [-0.4, -0.2) is 17.8 Å². The molecule has 34 heavy (non-hydrogen) atoms. The summed E-state index contributed by atoms with van der Waals surface area (Å²) in [4.78, 5) is 27.0. The lowest BCUT2D eigenvalue weighted by Gasteiger charge is -2.15. The molecule has 0 saturated carbocycles. The number of carbonyl (C=O) groups excluding carboxylic acids is 2. The number of rotatable bonds is 7. The third-order valence-corrected chi connectivity index (χ3v) is 7.06. The number of hydrogen-bond acceptors (Lipinski definition) is 5. The van der Waals surface area contributed by atoms with Gasteiger partial charge in [-0.25, -0.2) is 4.90 Å². The number of para-hydroxylation sites is 1. The van der Waals surface area contributed by atoms with Crippen LogP contribution >= 0.6 is 57.6 Å². The molecule has 0 bridgehead atoms. The molecule has 0 spiro atoms. The van der Waals surface area contributed by atoms with Crippen LogP contribution < -0.4 is 14.4 Å². The van der Waals surface area contributed by atoms with Gasteiger partial charge in [0.15, 0.2) is 11.5 Å². The zero-order chi connectivity index (χ0) is 24.2. The van der Waals surface area contributed by atoms with Gasteiger partial charge in [-0.05, 0) is 94.9 Å². The normalized spacial score (nSPS) is 14.7. The Hall–Kier alpha value is -2.20. The third kappa shape index (κ3) is 5.54. The summed E-state index contributed by atoms with van der Waals surface area (Å²) in [5, 5.41) is 0.602. The number of nitrogens with zero attached hydrogens (tertiary/aromatic N) is 1. The van der Waals surface area contributed by atoms with Gasteiger partial charge in [-0.3, -0.25) is 9.59 Å². The van der Waals surface area contributed by atoms with E-state index in [-0.39, 0.29) is 0 Å². The fraction of sp³-hybridized carbons (Fsp3) is 0.120. The minimum absolute atomic E-state index is 0.304. The first-order valence-corrected chi connectivity index (χ1v) is 12.9. The fourth-order valence-electron chi connectivity index (χ4n) is 3.27. The summed E-state index contributed by atoms with van der Waals surface area (Å²) >= 11 is 15.2. The molecule has 3 aromatic carbocycles. The predicted octanol–water partition coefficient (Wildman–Crippen LogP) is 7.82. The summed E-state index contributed by atoms with van der Waals surface area (Å²) in [6.45, 7) is 2.68. The Balaban J connectivity index is 1.60. The van der Waals surface area contributed by atoms with E-state index in [2.05, 4.69) is 22.6 Å². The molecule has 0 N–H and O–H groups in total. The van der Waals surface area contributed by atoms with Gasteiger partial charge < -0.3 is 9.47 Å².